The van der Waals surface area contributed by atoms with E-state index in [2.05, 4.69) is 24.4 Å². The molecule has 162 valence electrons. The first-order chi connectivity index (χ1) is 14.8. The van der Waals surface area contributed by atoms with Gasteiger partial charge in [0.25, 0.3) is 5.91 Å². The number of amides is 1. The number of nitrogens with one attached hydrogen (secondary N) is 1. The molecule has 0 heterocycles. The molecule has 0 aliphatic carbocycles. The third kappa shape index (κ3) is 6.25. The zero-order chi connectivity index (χ0) is 22.4. The Balaban J connectivity index is 1.75. The summed E-state index contributed by atoms with van der Waals surface area (Å²) in [6.45, 7) is 6.17. The number of carbonyl (C=O) groups is 1. The minimum Gasteiger partial charge on any atom is -0.478 e. The lowest BCUT2D eigenvalue weighted by Crippen LogP contribution is -2.47. The van der Waals surface area contributed by atoms with Crippen LogP contribution < -0.4 is 10.1 Å². The van der Waals surface area contributed by atoms with Gasteiger partial charge in [-0.3, -0.25) is 4.79 Å². The van der Waals surface area contributed by atoms with Crippen molar-refractivity contribution in [2.24, 2.45) is 0 Å². The van der Waals surface area contributed by atoms with E-state index in [-0.39, 0.29) is 17.7 Å². The van der Waals surface area contributed by atoms with E-state index in [4.69, 9.17) is 27.9 Å². The van der Waals surface area contributed by atoms with Crippen LogP contribution in [0.15, 0.2) is 78.9 Å². The molecule has 0 saturated heterocycles. The van der Waals surface area contributed by atoms with Crippen LogP contribution in [0.25, 0.3) is 0 Å². The lowest BCUT2D eigenvalue weighted by Gasteiger charge is -2.29. The molecular weight excluding hydrogens is 429 g/mol. The van der Waals surface area contributed by atoms with Gasteiger partial charge in [-0.05, 0) is 67.3 Å². The summed E-state index contributed by atoms with van der Waals surface area (Å²) in [6, 6.07) is 25.1. The SMILES string of the molecule is CC(c1ccccc1)C(CNC(=O)C(C)(C)Oc1ccc(Cl)cc1)c1ccc(Cl)cc1. The van der Waals surface area contributed by atoms with Crippen molar-refractivity contribution < 1.29 is 9.53 Å². The molecule has 0 bridgehead atoms. The van der Waals surface area contributed by atoms with E-state index in [1.807, 2.05) is 42.5 Å². The molecule has 2 atom stereocenters. The van der Waals surface area contributed by atoms with Crippen LogP contribution in [0, 0.1) is 0 Å². The molecule has 3 aromatic carbocycles. The molecule has 3 aromatic rings. The number of hydrogen-bond acceptors (Lipinski definition) is 2. The van der Waals surface area contributed by atoms with Crippen molar-refractivity contribution in [1.82, 2.24) is 5.32 Å². The summed E-state index contributed by atoms with van der Waals surface area (Å²) in [5, 5.41) is 4.41. The molecule has 0 aliphatic heterocycles. The molecule has 0 aliphatic rings. The summed E-state index contributed by atoms with van der Waals surface area (Å²) in [5.41, 5.74) is 1.31. The molecule has 31 heavy (non-hydrogen) atoms. The van der Waals surface area contributed by atoms with Gasteiger partial charge in [0.15, 0.2) is 5.60 Å². The monoisotopic (exact) mass is 455 g/mol. The number of benzene rings is 3. The van der Waals surface area contributed by atoms with Gasteiger partial charge in [0, 0.05) is 22.5 Å². The molecule has 5 heteroatoms. The quantitative estimate of drug-likeness (QED) is 0.402. The van der Waals surface area contributed by atoms with Gasteiger partial charge in [-0.25, -0.2) is 0 Å². The Morgan fingerprint density at radius 1 is 0.871 bits per heavy atom. The van der Waals surface area contributed by atoms with Crippen molar-refractivity contribution in [3.63, 3.8) is 0 Å². The van der Waals surface area contributed by atoms with Gasteiger partial charge >= 0.3 is 0 Å². The molecule has 3 nitrogen and oxygen atoms in total. The molecule has 0 saturated carbocycles. The van der Waals surface area contributed by atoms with Gasteiger partial charge in [0.2, 0.25) is 0 Å². The molecular formula is C26H27Cl2NO2. The first-order valence-electron chi connectivity index (χ1n) is 10.3. The Morgan fingerprint density at radius 2 is 1.42 bits per heavy atom. The molecule has 1 amide bonds. The number of hydrogen-bond donors (Lipinski definition) is 1. The van der Waals surface area contributed by atoms with Crippen molar-refractivity contribution in [2.75, 3.05) is 6.54 Å². The van der Waals surface area contributed by atoms with Gasteiger partial charge in [-0.2, -0.15) is 0 Å². The van der Waals surface area contributed by atoms with E-state index in [1.54, 1.807) is 38.1 Å². The summed E-state index contributed by atoms with van der Waals surface area (Å²) in [5.74, 6) is 0.691. The standard InChI is InChI=1S/C26H27Cl2NO2/c1-18(19-7-5-4-6-8-19)24(20-9-11-21(27)12-10-20)17-29-25(30)26(2,3)31-23-15-13-22(28)14-16-23/h4-16,18,24H,17H2,1-3H3,(H,29,30). The van der Waals surface area contributed by atoms with Crippen LogP contribution in [0.1, 0.15) is 43.7 Å². The van der Waals surface area contributed by atoms with E-state index >= 15 is 0 Å². The Morgan fingerprint density at radius 3 is 2.00 bits per heavy atom. The Labute approximate surface area is 194 Å². The number of rotatable bonds is 8. The van der Waals surface area contributed by atoms with Crippen molar-refractivity contribution in [3.8, 4) is 5.75 Å². The lowest BCUT2D eigenvalue weighted by atomic mass is 9.82. The van der Waals surface area contributed by atoms with E-state index in [1.165, 1.54) is 5.56 Å². The predicted molar refractivity (Wildman–Crippen MR) is 128 cm³/mol. The third-order valence-electron chi connectivity index (χ3n) is 5.44. The minimum absolute atomic E-state index is 0.0787. The second-order valence-electron chi connectivity index (χ2n) is 8.13. The van der Waals surface area contributed by atoms with Gasteiger partial charge in [0.1, 0.15) is 5.75 Å². The van der Waals surface area contributed by atoms with Gasteiger partial charge in [-0.1, -0.05) is 72.6 Å². The van der Waals surface area contributed by atoms with Crippen molar-refractivity contribution in [3.05, 3.63) is 100 Å². The smallest absolute Gasteiger partial charge is 0.263 e. The molecule has 1 N–H and O–H groups in total. The average molecular weight is 456 g/mol. The molecule has 0 aromatic heterocycles. The summed E-state index contributed by atoms with van der Waals surface area (Å²) in [7, 11) is 0. The zero-order valence-corrected chi connectivity index (χ0v) is 19.5. The maximum Gasteiger partial charge on any atom is 0.263 e. The lowest BCUT2D eigenvalue weighted by molar-refractivity contribution is -0.134. The second-order valence-corrected chi connectivity index (χ2v) is 9.01. The van der Waals surface area contributed by atoms with Gasteiger partial charge in [-0.15, -0.1) is 0 Å². The fourth-order valence-corrected chi connectivity index (χ4v) is 3.79. The van der Waals surface area contributed by atoms with Gasteiger partial charge < -0.3 is 10.1 Å². The van der Waals surface area contributed by atoms with Crippen LogP contribution in [0.3, 0.4) is 0 Å². The van der Waals surface area contributed by atoms with E-state index in [9.17, 15) is 4.79 Å². The van der Waals surface area contributed by atoms with Crippen LogP contribution >= 0.6 is 23.2 Å². The number of carbonyl (C=O) groups excluding carboxylic acids is 1. The second kappa shape index (κ2) is 10.2. The first kappa shape index (κ1) is 23.2. The molecule has 0 fully saturated rings. The Kier molecular flexibility index (Phi) is 7.64. The first-order valence-corrected chi connectivity index (χ1v) is 11.0. The Bertz CT molecular complexity index is 986. The van der Waals surface area contributed by atoms with E-state index in [0.29, 0.717) is 22.3 Å². The van der Waals surface area contributed by atoms with Crippen LogP contribution in [0.4, 0.5) is 0 Å². The normalized spacial score (nSPS) is 13.3. The fraction of sp³-hybridized carbons (Fsp3) is 0.269. The van der Waals surface area contributed by atoms with E-state index in [0.717, 1.165) is 5.56 Å². The summed E-state index contributed by atoms with van der Waals surface area (Å²) in [6.07, 6.45) is 0. The third-order valence-corrected chi connectivity index (χ3v) is 5.95. The topological polar surface area (TPSA) is 38.3 Å². The van der Waals surface area contributed by atoms with E-state index < -0.39 is 5.60 Å². The predicted octanol–water partition coefficient (Wildman–Crippen LogP) is 6.85. The Hall–Kier alpha value is -2.49. The summed E-state index contributed by atoms with van der Waals surface area (Å²) < 4.78 is 5.93. The van der Waals surface area contributed by atoms with Crippen LogP contribution in [0.2, 0.25) is 10.0 Å². The fourth-order valence-electron chi connectivity index (χ4n) is 3.54. The van der Waals surface area contributed by atoms with Crippen molar-refractivity contribution >= 4 is 29.1 Å². The highest BCUT2D eigenvalue weighted by Gasteiger charge is 2.31. The number of halogens is 2. The maximum atomic E-state index is 13.0. The number of ether oxygens (including phenoxy) is 1. The zero-order valence-electron chi connectivity index (χ0n) is 17.9. The van der Waals surface area contributed by atoms with Crippen LogP contribution in [0.5, 0.6) is 5.75 Å². The summed E-state index contributed by atoms with van der Waals surface area (Å²) >= 11 is 12.0. The van der Waals surface area contributed by atoms with Crippen molar-refractivity contribution in [2.45, 2.75) is 38.2 Å². The average Bonchev–Trinajstić information content (AvgIpc) is 2.76. The highest BCUT2D eigenvalue weighted by molar-refractivity contribution is 6.30. The maximum absolute atomic E-state index is 13.0. The highest BCUT2D eigenvalue weighted by Crippen LogP contribution is 2.33. The van der Waals surface area contributed by atoms with Crippen molar-refractivity contribution in [1.29, 1.82) is 0 Å². The van der Waals surface area contributed by atoms with Gasteiger partial charge in [0.05, 0.1) is 0 Å². The van der Waals surface area contributed by atoms with Crippen LogP contribution in [-0.4, -0.2) is 18.1 Å². The molecule has 0 spiro atoms. The largest absolute Gasteiger partial charge is 0.478 e. The molecule has 0 radical (unpaired) electrons. The van der Waals surface area contributed by atoms with Crippen LogP contribution in [-0.2, 0) is 4.79 Å². The minimum atomic E-state index is -1.03. The summed E-state index contributed by atoms with van der Waals surface area (Å²) in [4.78, 5) is 13.0. The molecule has 3 rings (SSSR count). The molecule has 2 unspecified atom stereocenters. The highest BCUT2D eigenvalue weighted by atomic mass is 35.5.